The number of piperazine rings is 1. The number of carbonyl (C=O) groups is 1. The van der Waals surface area contributed by atoms with Gasteiger partial charge in [-0.15, -0.1) is 0 Å². The van der Waals surface area contributed by atoms with Crippen LogP contribution in [0.4, 0.5) is 4.79 Å². The first-order valence-corrected chi connectivity index (χ1v) is 7.97. The Morgan fingerprint density at radius 2 is 1.85 bits per heavy atom. The highest BCUT2D eigenvalue weighted by molar-refractivity contribution is 7.80. The average molecular weight is 298 g/mol. The van der Waals surface area contributed by atoms with Gasteiger partial charge in [0.1, 0.15) is 0 Å². The number of hydrogen-bond donors (Lipinski definition) is 1. The van der Waals surface area contributed by atoms with Gasteiger partial charge in [-0.25, -0.2) is 4.79 Å². The van der Waals surface area contributed by atoms with E-state index in [2.05, 4.69) is 11.8 Å². The maximum absolute atomic E-state index is 12.5. The van der Waals surface area contributed by atoms with Gasteiger partial charge in [0, 0.05) is 39.3 Å². The molecule has 2 heterocycles. The summed E-state index contributed by atoms with van der Waals surface area (Å²) in [6, 6.07) is 0.330. The molecule has 2 atom stereocenters. The number of thiocarbonyl (C=S) groups is 1. The molecule has 2 rings (SSSR count). The van der Waals surface area contributed by atoms with Gasteiger partial charge in [-0.1, -0.05) is 19.1 Å². The molecule has 0 bridgehead atoms. The van der Waals surface area contributed by atoms with Crippen molar-refractivity contribution < 1.29 is 4.79 Å². The molecule has 0 aromatic carbocycles. The minimum Gasteiger partial charge on any atom is -0.392 e. The summed E-state index contributed by atoms with van der Waals surface area (Å²) < 4.78 is 0. The van der Waals surface area contributed by atoms with Crippen LogP contribution in [0, 0.1) is 5.92 Å². The van der Waals surface area contributed by atoms with Crippen molar-refractivity contribution in [3.63, 3.8) is 0 Å². The van der Waals surface area contributed by atoms with Crippen molar-refractivity contribution in [3.05, 3.63) is 0 Å². The third-order valence-corrected chi connectivity index (χ3v) is 4.81. The van der Waals surface area contributed by atoms with Crippen molar-refractivity contribution in [2.24, 2.45) is 11.7 Å². The summed E-state index contributed by atoms with van der Waals surface area (Å²) in [7, 11) is 0. The predicted molar refractivity (Wildman–Crippen MR) is 84.8 cm³/mol. The maximum atomic E-state index is 12.5. The molecule has 2 amide bonds. The summed E-state index contributed by atoms with van der Waals surface area (Å²) in [6.07, 6.45) is 2.37. The molecule has 2 fully saturated rings. The zero-order valence-electron chi connectivity index (χ0n) is 12.5. The van der Waals surface area contributed by atoms with Crippen LogP contribution >= 0.6 is 12.2 Å². The van der Waals surface area contributed by atoms with Crippen LogP contribution in [0.1, 0.15) is 26.7 Å². The Morgan fingerprint density at radius 3 is 2.40 bits per heavy atom. The number of urea groups is 1. The zero-order chi connectivity index (χ0) is 14.7. The van der Waals surface area contributed by atoms with Gasteiger partial charge in [0.15, 0.2) is 0 Å². The van der Waals surface area contributed by atoms with Crippen molar-refractivity contribution >= 4 is 23.2 Å². The van der Waals surface area contributed by atoms with Gasteiger partial charge in [-0.2, -0.15) is 0 Å². The fraction of sp³-hybridized carbons (Fsp3) is 0.857. The number of amides is 2. The maximum Gasteiger partial charge on any atom is 0.320 e. The highest BCUT2D eigenvalue weighted by Gasteiger charge is 2.29. The fourth-order valence-corrected chi connectivity index (χ4v) is 3.19. The summed E-state index contributed by atoms with van der Waals surface area (Å²) in [4.78, 5) is 19.3. The molecule has 114 valence electrons. The zero-order valence-corrected chi connectivity index (χ0v) is 13.4. The Morgan fingerprint density at radius 1 is 1.20 bits per heavy atom. The van der Waals surface area contributed by atoms with Gasteiger partial charge in [0.2, 0.25) is 0 Å². The molecule has 2 unspecified atom stereocenters. The van der Waals surface area contributed by atoms with E-state index in [1.165, 1.54) is 6.42 Å². The Hall–Kier alpha value is -0.880. The third-order valence-electron chi connectivity index (χ3n) is 4.47. The van der Waals surface area contributed by atoms with Crippen molar-refractivity contribution in [1.29, 1.82) is 0 Å². The molecule has 6 heteroatoms. The highest BCUT2D eigenvalue weighted by Crippen LogP contribution is 2.18. The summed E-state index contributed by atoms with van der Waals surface area (Å²) >= 11 is 5.04. The van der Waals surface area contributed by atoms with E-state index in [9.17, 15) is 4.79 Å². The van der Waals surface area contributed by atoms with E-state index in [0.29, 0.717) is 10.9 Å². The van der Waals surface area contributed by atoms with Crippen LogP contribution < -0.4 is 5.73 Å². The molecule has 2 aliphatic rings. The molecule has 20 heavy (non-hydrogen) atoms. The molecule has 2 saturated heterocycles. The molecule has 0 spiro atoms. The monoisotopic (exact) mass is 298 g/mol. The number of nitrogens with zero attached hydrogens (tertiary/aromatic N) is 3. The Kier molecular flexibility index (Phi) is 5.21. The first-order chi connectivity index (χ1) is 9.49. The van der Waals surface area contributed by atoms with Crippen molar-refractivity contribution in [2.75, 3.05) is 39.3 Å². The van der Waals surface area contributed by atoms with Gasteiger partial charge in [-0.3, -0.25) is 4.90 Å². The Balaban J connectivity index is 1.84. The van der Waals surface area contributed by atoms with E-state index in [1.54, 1.807) is 0 Å². The minimum atomic E-state index is 0.122. The lowest BCUT2D eigenvalue weighted by Crippen LogP contribution is -2.57. The van der Waals surface area contributed by atoms with Gasteiger partial charge in [0.25, 0.3) is 0 Å². The fourth-order valence-electron chi connectivity index (χ4n) is 3.04. The standard InChI is InChI=1S/C14H26N4OS/c1-11-4-3-5-18(10-11)14(19)17-8-6-16(7-9-17)12(2)13(15)20/h11-12H,3-10H2,1-2H3,(H2,15,20). The second kappa shape index (κ2) is 6.72. The molecule has 0 aromatic rings. The molecular formula is C14H26N4OS. The first-order valence-electron chi connectivity index (χ1n) is 7.56. The number of rotatable bonds is 2. The number of hydrogen-bond acceptors (Lipinski definition) is 3. The van der Waals surface area contributed by atoms with Crippen molar-refractivity contribution in [3.8, 4) is 0 Å². The lowest BCUT2D eigenvalue weighted by Gasteiger charge is -2.41. The van der Waals surface area contributed by atoms with E-state index < -0.39 is 0 Å². The summed E-state index contributed by atoms with van der Waals surface area (Å²) in [5.74, 6) is 0.628. The highest BCUT2D eigenvalue weighted by atomic mass is 32.1. The molecule has 0 aromatic heterocycles. The molecule has 2 aliphatic heterocycles. The van der Waals surface area contributed by atoms with E-state index in [-0.39, 0.29) is 12.1 Å². The topological polar surface area (TPSA) is 52.8 Å². The Labute approximate surface area is 127 Å². The van der Waals surface area contributed by atoms with Gasteiger partial charge in [-0.05, 0) is 25.7 Å². The molecular weight excluding hydrogens is 272 g/mol. The SMILES string of the molecule is CC1CCCN(C(=O)N2CCN(C(C)C(N)=S)CC2)C1. The quantitative estimate of drug-likeness (QED) is 0.777. The van der Waals surface area contributed by atoms with Gasteiger partial charge in [0.05, 0.1) is 11.0 Å². The molecule has 0 radical (unpaired) electrons. The molecule has 2 N–H and O–H groups in total. The number of likely N-dealkylation sites (tertiary alicyclic amines) is 1. The average Bonchev–Trinajstić information content (AvgIpc) is 2.46. The number of piperidine rings is 1. The van der Waals surface area contributed by atoms with E-state index in [4.69, 9.17) is 18.0 Å². The van der Waals surface area contributed by atoms with Crippen LogP contribution in [0.3, 0.4) is 0 Å². The largest absolute Gasteiger partial charge is 0.392 e. The second-order valence-electron chi connectivity index (χ2n) is 6.08. The number of nitrogens with two attached hydrogens (primary N) is 1. The van der Waals surface area contributed by atoms with Crippen LogP contribution in [0.15, 0.2) is 0 Å². The van der Waals surface area contributed by atoms with Crippen LogP contribution in [-0.4, -0.2) is 71.0 Å². The number of carbonyl (C=O) groups excluding carboxylic acids is 1. The van der Waals surface area contributed by atoms with Crippen LogP contribution in [0.5, 0.6) is 0 Å². The summed E-state index contributed by atoms with van der Waals surface area (Å²) in [5, 5.41) is 0. The van der Waals surface area contributed by atoms with Crippen LogP contribution in [-0.2, 0) is 0 Å². The lowest BCUT2D eigenvalue weighted by molar-refractivity contribution is 0.0960. The molecule has 0 saturated carbocycles. The van der Waals surface area contributed by atoms with Gasteiger partial charge < -0.3 is 15.5 Å². The molecule has 5 nitrogen and oxygen atoms in total. The van der Waals surface area contributed by atoms with E-state index in [1.807, 2.05) is 16.7 Å². The predicted octanol–water partition coefficient (Wildman–Crippen LogP) is 1.13. The van der Waals surface area contributed by atoms with Gasteiger partial charge >= 0.3 is 6.03 Å². The third kappa shape index (κ3) is 3.61. The van der Waals surface area contributed by atoms with E-state index in [0.717, 1.165) is 45.7 Å². The lowest BCUT2D eigenvalue weighted by atomic mass is 10.0. The smallest absolute Gasteiger partial charge is 0.320 e. The normalized spacial score (nSPS) is 26.4. The van der Waals surface area contributed by atoms with Crippen LogP contribution in [0.2, 0.25) is 0 Å². The minimum absolute atomic E-state index is 0.122. The first kappa shape index (κ1) is 15.5. The molecule has 0 aliphatic carbocycles. The second-order valence-corrected chi connectivity index (χ2v) is 6.55. The van der Waals surface area contributed by atoms with E-state index >= 15 is 0 Å². The Bertz CT molecular complexity index is 368. The van der Waals surface area contributed by atoms with Crippen molar-refractivity contribution in [1.82, 2.24) is 14.7 Å². The summed E-state index contributed by atoms with van der Waals surface area (Å²) in [5.41, 5.74) is 5.69. The summed E-state index contributed by atoms with van der Waals surface area (Å²) in [6.45, 7) is 9.33. The van der Waals surface area contributed by atoms with Crippen molar-refractivity contribution in [2.45, 2.75) is 32.7 Å². The van der Waals surface area contributed by atoms with Crippen LogP contribution in [0.25, 0.3) is 0 Å².